The summed E-state index contributed by atoms with van der Waals surface area (Å²) >= 11 is 1.41. The molecule has 0 bridgehead atoms. The van der Waals surface area contributed by atoms with Gasteiger partial charge in [-0.2, -0.15) is 0 Å². The summed E-state index contributed by atoms with van der Waals surface area (Å²) < 4.78 is 10.3. The van der Waals surface area contributed by atoms with Crippen LogP contribution in [0.2, 0.25) is 0 Å². The monoisotopic (exact) mass is 437 g/mol. The molecule has 0 spiro atoms. The van der Waals surface area contributed by atoms with E-state index in [1.165, 1.54) is 11.3 Å². The Morgan fingerprint density at radius 1 is 1.03 bits per heavy atom. The Morgan fingerprint density at radius 3 is 2.32 bits per heavy atom. The van der Waals surface area contributed by atoms with Gasteiger partial charge in [0.15, 0.2) is 0 Å². The Morgan fingerprint density at radius 2 is 1.68 bits per heavy atom. The average Bonchev–Trinajstić information content (AvgIpc) is 3.49. The largest absolute Gasteiger partial charge is 0.497 e. The first-order valence-electron chi connectivity index (χ1n) is 9.95. The number of nitrogens with zero attached hydrogens (tertiary/aromatic N) is 2. The molecule has 1 aliphatic heterocycles. The molecule has 0 aliphatic carbocycles. The lowest BCUT2D eigenvalue weighted by Gasteiger charge is -2.23. The first-order valence-corrected chi connectivity index (χ1v) is 10.8. The van der Waals surface area contributed by atoms with E-state index in [4.69, 9.17) is 9.47 Å². The summed E-state index contributed by atoms with van der Waals surface area (Å²) in [6.45, 7) is 0.537. The molecule has 0 saturated carbocycles. The number of hydrogen-bond acceptors (Lipinski definition) is 6. The molecule has 0 radical (unpaired) electrons. The number of methoxy groups -OCH3 is 2. The lowest BCUT2D eigenvalue weighted by molar-refractivity contribution is -0.119. The number of rotatable bonds is 6. The first-order chi connectivity index (χ1) is 15.1. The highest BCUT2D eigenvalue weighted by Gasteiger charge is 2.35. The molecule has 2 amide bonds. The van der Waals surface area contributed by atoms with Gasteiger partial charge in [-0.3, -0.25) is 9.59 Å². The Bertz CT molecular complexity index is 1060. The van der Waals surface area contributed by atoms with Gasteiger partial charge in [-0.25, -0.2) is 4.98 Å². The van der Waals surface area contributed by atoms with Crippen molar-refractivity contribution in [1.29, 1.82) is 0 Å². The lowest BCUT2D eigenvalue weighted by atomic mass is 10.2. The maximum Gasteiger partial charge on any atom is 0.274 e. The smallest absolute Gasteiger partial charge is 0.274 e. The summed E-state index contributed by atoms with van der Waals surface area (Å²) in [5.41, 5.74) is 1.94. The van der Waals surface area contributed by atoms with E-state index in [1.807, 2.05) is 24.3 Å². The summed E-state index contributed by atoms with van der Waals surface area (Å²) in [5, 5.41) is 5.40. The summed E-state index contributed by atoms with van der Waals surface area (Å²) in [4.78, 5) is 32.1. The Labute approximate surface area is 184 Å². The Balaban J connectivity index is 1.45. The maximum absolute atomic E-state index is 13.1. The number of amides is 2. The molecule has 1 N–H and O–H groups in total. The van der Waals surface area contributed by atoms with Crippen LogP contribution in [0, 0.1) is 0 Å². The molecule has 1 atom stereocenters. The van der Waals surface area contributed by atoms with E-state index in [-0.39, 0.29) is 11.8 Å². The second-order valence-electron chi connectivity index (χ2n) is 7.14. The van der Waals surface area contributed by atoms with Gasteiger partial charge in [-0.15, -0.1) is 11.3 Å². The van der Waals surface area contributed by atoms with E-state index in [1.54, 1.807) is 48.8 Å². The van der Waals surface area contributed by atoms with Crippen molar-refractivity contribution in [2.24, 2.45) is 0 Å². The fourth-order valence-electron chi connectivity index (χ4n) is 3.57. The van der Waals surface area contributed by atoms with Gasteiger partial charge in [0.2, 0.25) is 5.91 Å². The highest BCUT2D eigenvalue weighted by molar-refractivity contribution is 7.13. The third-order valence-electron chi connectivity index (χ3n) is 5.23. The van der Waals surface area contributed by atoms with Crippen LogP contribution >= 0.6 is 11.3 Å². The summed E-state index contributed by atoms with van der Waals surface area (Å²) in [7, 11) is 3.21. The quantitative estimate of drug-likeness (QED) is 0.629. The number of nitrogens with one attached hydrogen (secondary N) is 1. The van der Waals surface area contributed by atoms with Gasteiger partial charge in [0, 0.05) is 23.2 Å². The molecule has 1 fully saturated rings. The van der Waals surface area contributed by atoms with Gasteiger partial charge in [-0.1, -0.05) is 0 Å². The van der Waals surface area contributed by atoms with Crippen LogP contribution in [0.15, 0.2) is 53.9 Å². The van der Waals surface area contributed by atoms with E-state index in [9.17, 15) is 9.59 Å². The average molecular weight is 438 g/mol. The molecule has 1 saturated heterocycles. The lowest BCUT2D eigenvalue weighted by Crippen LogP contribution is -2.43. The van der Waals surface area contributed by atoms with Crippen LogP contribution in [0.25, 0.3) is 10.6 Å². The van der Waals surface area contributed by atoms with E-state index in [0.29, 0.717) is 30.1 Å². The molecular formula is C23H23N3O4S. The third kappa shape index (κ3) is 4.54. The van der Waals surface area contributed by atoms with Crippen LogP contribution in [-0.2, 0) is 4.79 Å². The zero-order valence-corrected chi connectivity index (χ0v) is 18.1. The van der Waals surface area contributed by atoms with Crippen LogP contribution in [0.4, 0.5) is 5.69 Å². The SMILES string of the molecule is COc1ccc(NC(=O)C2CCCN2C(=O)c2csc(-c3ccc(OC)cc3)n2)cc1. The van der Waals surface area contributed by atoms with Crippen LogP contribution < -0.4 is 14.8 Å². The first kappa shape index (κ1) is 20.9. The fourth-order valence-corrected chi connectivity index (χ4v) is 4.37. The van der Waals surface area contributed by atoms with Crippen molar-refractivity contribution >= 4 is 28.8 Å². The minimum Gasteiger partial charge on any atom is -0.497 e. The third-order valence-corrected chi connectivity index (χ3v) is 6.13. The van der Waals surface area contributed by atoms with E-state index in [2.05, 4.69) is 10.3 Å². The van der Waals surface area contributed by atoms with Crippen molar-refractivity contribution < 1.29 is 19.1 Å². The van der Waals surface area contributed by atoms with Crippen molar-refractivity contribution in [2.75, 3.05) is 26.1 Å². The van der Waals surface area contributed by atoms with Gasteiger partial charge >= 0.3 is 0 Å². The molecular weight excluding hydrogens is 414 g/mol. The van der Waals surface area contributed by atoms with Gasteiger partial charge in [0.05, 0.1) is 14.2 Å². The van der Waals surface area contributed by atoms with E-state index < -0.39 is 6.04 Å². The van der Waals surface area contributed by atoms with Crippen molar-refractivity contribution in [1.82, 2.24) is 9.88 Å². The molecule has 2 heterocycles. The molecule has 1 aliphatic rings. The van der Waals surface area contributed by atoms with Crippen LogP contribution in [-0.4, -0.2) is 48.5 Å². The number of ether oxygens (including phenoxy) is 2. The number of aromatic nitrogens is 1. The summed E-state index contributed by atoms with van der Waals surface area (Å²) in [6, 6.07) is 14.1. The number of benzene rings is 2. The molecule has 4 rings (SSSR count). The standard InChI is InChI=1S/C23H23N3O4S/c1-29-17-9-5-15(6-10-17)22-25-19(14-31-22)23(28)26-13-3-4-20(26)21(27)24-16-7-11-18(30-2)12-8-16/h5-12,14,20H,3-4,13H2,1-2H3,(H,24,27). The van der Waals surface area contributed by atoms with Crippen LogP contribution in [0.5, 0.6) is 11.5 Å². The Kier molecular flexibility index (Phi) is 6.18. The van der Waals surface area contributed by atoms with Crippen LogP contribution in [0.3, 0.4) is 0 Å². The van der Waals surface area contributed by atoms with Gasteiger partial charge in [0.1, 0.15) is 28.2 Å². The maximum atomic E-state index is 13.1. The molecule has 160 valence electrons. The molecule has 31 heavy (non-hydrogen) atoms. The van der Waals surface area contributed by atoms with Gasteiger partial charge < -0.3 is 19.7 Å². The molecule has 1 unspecified atom stereocenters. The number of likely N-dealkylation sites (tertiary alicyclic amines) is 1. The predicted octanol–water partition coefficient (Wildman–Crippen LogP) is 4.07. The van der Waals surface area contributed by atoms with Crippen molar-refractivity contribution in [3.8, 4) is 22.1 Å². The minimum absolute atomic E-state index is 0.193. The number of carbonyl (C=O) groups excluding carboxylic acids is 2. The number of carbonyl (C=O) groups is 2. The van der Waals surface area contributed by atoms with Crippen molar-refractivity contribution in [2.45, 2.75) is 18.9 Å². The zero-order chi connectivity index (χ0) is 21.8. The van der Waals surface area contributed by atoms with Gasteiger partial charge in [-0.05, 0) is 61.4 Å². The molecule has 1 aromatic heterocycles. The number of thiazole rings is 1. The Hall–Kier alpha value is -3.39. The van der Waals surface area contributed by atoms with Crippen molar-refractivity contribution in [3.63, 3.8) is 0 Å². The highest BCUT2D eigenvalue weighted by Crippen LogP contribution is 2.28. The van der Waals surface area contributed by atoms with E-state index >= 15 is 0 Å². The molecule has 8 heteroatoms. The number of anilines is 1. The fraction of sp³-hybridized carbons (Fsp3) is 0.261. The predicted molar refractivity (Wildman–Crippen MR) is 120 cm³/mol. The summed E-state index contributed by atoms with van der Waals surface area (Å²) in [5.74, 6) is 1.07. The van der Waals surface area contributed by atoms with Crippen molar-refractivity contribution in [3.05, 3.63) is 59.6 Å². The zero-order valence-electron chi connectivity index (χ0n) is 17.3. The molecule has 3 aromatic rings. The second-order valence-corrected chi connectivity index (χ2v) is 8.00. The van der Waals surface area contributed by atoms with E-state index in [0.717, 1.165) is 22.7 Å². The molecule has 7 nitrogen and oxygen atoms in total. The minimum atomic E-state index is -0.513. The van der Waals surface area contributed by atoms with Gasteiger partial charge in [0.25, 0.3) is 5.91 Å². The van der Waals surface area contributed by atoms with Crippen LogP contribution in [0.1, 0.15) is 23.3 Å². The normalized spacial score (nSPS) is 15.5. The number of hydrogen-bond donors (Lipinski definition) is 1. The second kappa shape index (κ2) is 9.18. The summed E-state index contributed by atoms with van der Waals surface area (Å²) in [6.07, 6.45) is 1.41. The highest BCUT2D eigenvalue weighted by atomic mass is 32.1. The molecule has 2 aromatic carbocycles. The topological polar surface area (TPSA) is 80.8 Å².